The van der Waals surface area contributed by atoms with E-state index >= 15 is 0 Å². The second-order valence-electron chi connectivity index (χ2n) is 7.28. The van der Waals surface area contributed by atoms with Crippen LogP contribution in [0.4, 0.5) is 4.39 Å². The number of aromatic nitrogens is 2. The maximum atomic E-state index is 14.2. The minimum Gasteiger partial charge on any atom is -0.381 e. The fourth-order valence-electron chi connectivity index (χ4n) is 4.27. The minimum absolute atomic E-state index is 0.0901. The molecule has 138 valence electrons. The Bertz CT molecular complexity index is 931. The smallest absolute Gasteiger partial charge is 0.326 e. The van der Waals surface area contributed by atoms with E-state index in [-0.39, 0.29) is 29.6 Å². The third-order valence-corrected chi connectivity index (χ3v) is 6.27. The zero-order chi connectivity index (χ0) is 18.4. The summed E-state index contributed by atoms with van der Waals surface area (Å²) in [5.74, 6) is -0.0998. The number of benzene rings is 1. The summed E-state index contributed by atoms with van der Waals surface area (Å²) in [4.78, 5) is 15.8. The van der Waals surface area contributed by atoms with Crippen LogP contribution in [0.15, 0.2) is 27.5 Å². The van der Waals surface area contributed by atoms with Crippen LogP contribution in [-0.4, -0.2) is 22.8 Å². The summed E-state index contributed by atoms with van der Waals surface area (Å²) in [7, 11) is 1.72. The van der Waals surface area contributed by atoms with E-state index in [2.05, 4.69) is 33.9 Å². The second kappa shape index (κ2) is 6.82. The van der Waals surface area contributed by atoms with E-state index in [0.29, 0.717) is 4.47 Å². The number of ether oxygens (including phenoxy) is 1. The predicted octanol–water partition coefficient (Wildman–Crippen LogP) is 5.01. The number of imidazole rings is 1. The summed E-state index contributed by atoms with van der Waals surface area (Å²) in [6, 6.07) is 3.50. The van der Waals surface area contributed by atoms with Gasteiger partial charge in [0.05, 0.1) is 22.0 Å². The highest BCUT2D eigenvalue weighted by Gasteiger charge is 2.31. The number of hydrogen-bond acceptors (Lipinski definition) is 2. The molecule has 26 heavy (non-hydrogen) atoms. The molecule has 1 N–H and O–H groups in total. The van der Waals surface area contributed by atoms with Gasteiger partial charge in [0.2, 0.25) is 0 Å². The molecule has 0 saturated heterocycles. The first-order valence-electron chi connectivity index (χ1n) is 9.02. The predicted molar refractivity (Wildman–Crippen MR) is 104 cm³/mol. The van der Waals surface area contributed by atoms with E-state index in [1.807, 2.05) is 16.7 Å². The molecule has 0 radical (unpaired) electrons. The fraction of sp³-hybridized carbons (Fsp3) is 0.450. The summed E-state index contributed by atoms with van der Waals surface area (Å²) in [6.07, 6.45) is 7.68. The molecule has 1 aromatic heterocycles. The van der Waals surface area contributed by atoms with Crippen molar-refractivity contribution < 1.29 is 9.13 Å². The molecule has 0 amide bonds. The number of hydrogen-bond donors (Lipinski definition) is 1. The zero-order valence-electron chi connectivity index (χ0n) is 14.9. The van der Waals surface area contributed by atoms with E-state index in [1.165, 1.54) is 0 Å². The number of aromatic amines is 1. The lowest BCUT2D eigenvalue weighted by atomic mass is 9.88. The molecule has 1 aromatic carbocycles. The van der Waals surface area contributed by atoms with Crippen molar-refractivity contribution in [3.05, 3.63) is 50.2 Å². The average molecular weight is 421 g/mol. The van der Waals surface area contributed by atoms with Crippen LogP contribution in [0.3, 0.4) is 0 Å². The van der Waals surface area contributed by atoms with Gasteiger partial charge in [0.15, 0.2) is 0 Å². The topological polar surface area (TPSA) is 47.0 Å². The molecular formula is C20H22BrFN2O2. The highest BCUT2D eigenvalue weighted by Crippen LogP contribution is 2.41. The number of H-pyrrole nitrogens is 1. The van der Waals surface area contributed by atoms with Crippen molar-refractivity contribution in [1.29, 1.82) is 0 Å². The zero-order valence-corrected chi connectivity index (χ0v) is 16.5. The van der Waals surface area contributed by atoms with Crippen LogP contribution in [0.1, 0.15) is 55.8 Å². The maximum Gasteiger partial charge on any atom is 0.326 e. The van der Waals surface area contributed by atoms with Crippen LogP contribution in [0.25, 0.3) is 17.3 Å². The SMILES string of the molecule is COC1CCC(n2c3c([nH]c2=O)C=CCC(C)c2cc(F)c(Br)cc2-3)C1. The van der Waals surface area contributed by atoms with Gasteiger partial charge in [-0.2, -0.15) is 0 Å². The highest BCUT2D eigenvalue weighted by molar-refractivity contribution is 9.10. The van der Waals surface area contributed by atoms with Gasteiger partial charge < -0.3 is 9.72 Å². The van der Waals surface area contributed by atoms with Crippen LogP contribution in [-0.2, 0) is 4.74 Å². The first-order valence-corrected chi connectivity index (χ1v) is 9.82. The van der Waals surface area contributed by atoms with Gasteiger partial charge in [-0.1, -0.05) is 13.0 Å². The highest BCUT2D eigenvalue weighted by atomic mass is 79.9. The minimum atomic E-state index is -0.272. The van der Waals surface area contributed by atoms with Gasteiger partial charge in [0, 0.05) is 18.7 Å². The molecule has 3 atom stereocenters. The van der Waals surface area contributed by atoms with E-state index < -0.39 is 0 Å². The molecule has 6 heteroatoms. The lowest BCUT2D eigenvalue weighted by Crippen LogP contribution is -2.22. The Morgan fingerprint density at radius 2 is 2.15 bits per heavy atom. The Morgan fingerprint density at radius 1 is 1.35 bits per heavy atom. The third kappa shape index (κ3) is 2.89. The molecule has 4 rings (SSSR count). The van der Waals surface area contributed by atoms with Crippen LogP contribution < -0.4 is 5.69 Å². The molecule has 1 heterocycles. The van der Waals surface area contributed by atoms with Crippen molar-refractivity contribution >= 4 is 22.0 Å². The van der Waals surface area contributed by atoms with Gasteiger partial charge in [0.25, 0.3) is 0 Å². The van der Waals surface area contributed by atoms with Gasteiger partial charge in [-0.15, -0.1) is 0 Å². The molecule has 1 fully saturated rings. The largest absolute Gasteiger partial charge is 0.381 e. The molecule has 0 spiro atoms. The maximum absolute atomic E-state index is 14.2. The summed E-state index contributed by atoms with van der Waals surface area (Å²) in [5, 5.41) is 0. The molecule has 3 unspecified atom stereocenters. The van der Waals surface area contributed by atoms with Crippen molar-refractivity contribution in [2.75, 3.05) is 7.11 Å². The van der Waals surface area contributed by atoms with Gasteiger partial charge in [-0.3, -0.25) is 4.57 Å². The van der Waals surface area contributed by atoms with Crippen molar-refractivity contribution in [3.8, 4) is 11.3 Å². The Kier molecular flexibility index (Phi) is 4.65. The van der Waals surface area contributed by atoms with Crippen molar-refractivity contribution in [2.45, 2.75) is 50.7 Å². The first-order chi connectivity index (χ1) is 12.5. The summed E-state index contributed by atoms with van der Waals surface area (Å²) in [6.45, 7) is 2.09. The molecule has 1 saturated carbocycles. The van der Waals surface area contributed by atoms with Crippen LogP contribution in [0, 0.1) is 5.82 Å². The first kappa shape index (κ1) is 17.7. The number of nitrogens with one attached hydrogen (secondary N) is 1. The molecule has 0 bridgehead atoms. The Balaban J connectivity index is 1.95. The second-order valence-corrected chi connectivity index (χ2v) is 8.13. The van der Waals surface area contributed by atoms with E-state index in [0.717, 1.165) is 48.2 Å². The number of allylic oxidation sites excluding steroid dienone is 1. The van der Waals surface area contributed by atoms with Crippen molar-refractivity contribution in [1.82, 2.24) is 9.55 Å². The van der Waals surface area contributed by atoms with Crippen molar-refractivity contribution in [2.24, 2.45) is 0 Å². The monoisotopic (exact) mass is 420 g/mol. The molecule has 0 aliphatic heterocycles. The lowest BCUT2D eigenvalue weighted by Gasteiger charge is -2.22. The van der Waals surface area contributed by atoms with Crippen LogP contribution >= 0.6 is 15.9 Å². The Hall–Kier alpha value is -1.66. The van der Waals surface area contributed by atoms with E-state index in [1.54, 1.807) is 13.2 Å². The average Bonchev–Trinajstić information content (AvgIpc) is 3.19. The number of nitrogens with zero attached hydrogens (tertiary/aromatic N) is 1. The molecular weight excluding hydrogens is 399 g/mol. The van der Waals surface area contributed by atoms with Crippen LogP contribution in [0.2, 0.25) is 0 Å². The third-order valence-electron chi connectivity index (χ3n) is 5.66. The number of rotatable bonds is 2. The van der Waals surface area contributed by atoms with Gasteiger partial charge in [0.1, 0.15) is 5.82 Å². The molecule has 2 aliphatic carbocycles. The van der Waals surface area contributed by atoms with Crippen LogP contribution in [0.5, 0.6) is 0 Å². The quantitative estimate of drug-likeness (QED) is 0.742. The Labute approximate surface area is 160 Å². The number of halogens is 2. The number of fused-ring (bicyclic) bond motifs is 3. The number of methoxy groups -OCH3 is 1. The van der Waals surface area contributed by atoms with Crippen molar-refractivity contribution in [3.63, 3.8) is 0 Å². The Morgan fingerprint density at radius 3 is 2.88 bits per heavy atom. The van der Waals surface area contributed by atoms with E-state index in [9.17, 15) is 9.18 Å². The summed E-state index contributed by atoms with van der Waals surface area (Å²) >= 11 is 3.32. The molecule has 2 aliphatic rings. The lowest BCUT2D eigenvalue weighted by molar-refractivity contribution is 0.106. The van der Waals surface area contributed by atoms with Gasteiger partial charge in [-0.25, -0.2) is 9.18 Å². The molecule has 2 aromatic rings. The fourth-order valence-corrected chi connectivity index (χ4v) is 4.61. The molecule has 4 nitrogen and oxygen atoms in total. The van der Waals surface area contributed by atoms with E-state index in [4.69, 9.17) is 4.74 Å². The summed E-state index contributed by atoms with van der Waals surface area (Å²) in [5.41, 5.74) is 3.40. The normalized spacial score (nSPS) is 24.8. The van der Waals surface area contributed by atoms with Gasteiger partial charge in [-0.05, 0) is 71.3 Å². The summed E-state index contributed by atoms with van der Waals surface area (Å²) < 4.78 is 22.0. The van der Waals surface area contributed by atoms with Gasteiger partial charge >= 0.3 is 5.69 Å². The standard InChI is InChI=1S/C20H22BrFN2O2/c1-11-4-3-5-18-19(15-9-16(21)17(22)10-14(11)15)24(20(25)23-18)12-6-7-13(8-12)26-2/h3,5,9-13H,4,6-8H2,1-2H3,(H,23,25).